The van der Waals surface area contributed by atoms with E-state index < -0.39 is 0 Å². The predicted octanol–water partition coefficient (Wildman–Crippen LogP) is 2.77. The Morgan fingerprint density at radius 1 is 1.40 bits per heavy atom. The van der Waals surface area contributed by atoms with Crippen LogP contribution in [0, 0.1) is 5.92 Å². The number of amides is 1. The van der Waals surface area contributed by atoms with Gasteiger partial charge in [-0.05, 0) is 42.0 Å². The van der Waals surface area contributed by atoms with Gasteiger partial charge in [-0.2, -0.15) is 0 Å². The van der Waals surface area contributed by atoms with Crippen LogP contribution < -0.4 is 5.32 Å². The summed E-state index contributed by atoms with van der Waals surface area (Å²) in [7, 11) is 0. The minimum atomic E-state index is -0.0000107. The second-order valence-corrected chi connectivity index (χ2v) is 4.35. The van der Waals surface area contributed by atoms with Crippen molar-refractivity contribution in [3.8, 4) is 0 Å². The van der Waals surface area contributed by atoms with E-state index in [-0.39, 0.29) is 5.91 Å². The molecule has 0 bridgehead atoms. The van der Waals surface area contributed by atoms with E-state index in [1.807, 2.05) is 6.07 Å². The van der Waals surface area contributed by atoms with Gasteiger partial charge in [0.05, 0.1) is 0 Å². The van der Waals surface area contributed by atoms with Gasteiger partial charge in [-0.25, -0.2) is 0 Å². The minimum Gasteiger partial charge on any atom is -0.326 e. The topological polar surface area (TPSA) is 29.1 Å². The van der Waals surface area contributed by atoms with Gasteiger partial charge in [0.2, 0.25) is 5.91 Å². The van der Waals surface area contributed by atoms with Crippen LogP contribution in [-0.2, 0) is 17.6 Å². The van der Waals surface area contributed by atoms with Crippen LogP contribution in [0.3, 0.4) is 0 Å². The van der Waals surface area contributed by atoms with Crippen LogP contribution in [0.2, 0.25) is 0 Å². The van der Waals surface area contributed by atoms with Gasteiger partial charge in [0.1, 0.15) is 0 Å². The molecular weight excluding hydrogens is 186 g/mol. The number of carbonyl (C=O) groups excluding carboxylic acids is 1. The van der Waals surface area contributed by atoms with Crippen LogP contribution in [0.5, 0.6) is 0 Å². The Bertz CT molecular complexity index is 384. The van der Waals surface area contributed by atoms with Crippen molar-refractivity contribution in [2.24, 2.45) is 5.92 Å². The SMILES string of the molecule is CCC1Cc2ccc(NC(C)=O)cc2C1. The highest BCUT2D eigenvalue weighted by molar-refractivity contribution is 5.88. The molecule has 1 unspecified atom stereocenters. The number of hydrogen-bond acceptors (Lipinski definition) is 1. The maximum absolute atomic E-state index is 10.9. The third-order valence-electron chi connectivity index (χ3n) is 3.12. The summed E-state index contributed by atoms with van der Waals surface area (Å²) < 4.78 is 0. The molecule has 0 saturated carbocycles. The molecule has 1 aliphatic rings. The van der Waals surface area contributed by atoms with Crippen LogP contribution in [0.25, 0.3) is 0 Å². The van der Waals surface area contributed by atoms with Gasteiger partial charge in [-0.1, -0.05) is 19.4 Å². The summed E-state index contributed by atoms with van der Waals surface area (Å²) in [5.74, 6) is 0.799. The lowest BCUT2D eigenvalue weighted by Crippen LogP contribution is -2.05. The van der Waals surface area contributed by atoms with E-state index in [0.717, 1.165) is 11.6 Å². The van der Waals surface area contributed by atoms with Crippen molar-refractivity contribution >= 4 is 11.6 Å². The van der Waals surface area contributed by atoms with Crippen LogP contribution >= 0.6 is 0 Å². The summed E-state index contributed by atoms with van der Waals surface area (Å²) in [6.07, 6.45) is 3.61. The van der Waals surface area contributed by atoms with Crippen molar-refractivity contribution < 1.29 is 4.79 Å². The Labute approximate surface area is 90.7 Å². The van der Waals surface area contributed by atoms with E-state index >= 15 is 0 Å². The smallest absolute Gasteiger partial charge is 0.221 e. The Kier molecular flexibility index (Phi) is 2.76. The average molecular weight is 203 g/mol. The lowest BCUT2D eigenvalue weighted by molar-refractivity contribution is -0.114. The monoisotopic (exact) mass is 203 g/mol. The zero-order valence-corrected chi connectivity index (χ0v) is 9.34. The largest absolute Gasteiger partial charge is 0.326 e. The standard InChI is InChI=1S/C13H17NO/c1-3-10-6-11-4-5-13(14-9(2)15)8-12(11)7-10/h4-5,8,10H,3,6-7H2,1-2H3,(H,14,15). The number of fused-ring (bicyclic) bond motifs is 1. The molecule has 2 nitrogen and oxygen atoms in total. The number of carbonyl (C=O) groups is 1. The molecule has 2 rings (SSSR count). The van der Waals surface area contributed by atoms with Crippen LogP contribution in [-0.4, -0.2) is 5.91 Å². The number of hydrogen-bond donors (Lipinski definition) is 1. The van der Waals surface area contributed by atoms with Gasteiger partial charge in [0, 0.05) is 12.6 Å². The van der Waals surface area contributed by atoms with Crippen LogP contribution in [0.15, 0.2) is 18.2 Å². The number of rotatable bonds is 2. The number of benzene rings is 1. The van der Waals surface area contributed by atoms with E-state index in [0.29, 0.717) is 0 Å². The molecule has 1 amide bonds. The van der Waals surface area contributed by atoms with Crippen molar-refractivity contribution in [2.75, 3.05) is 5.32 Å². The maximum Gasteiger partial charge on any atom is 0.221 e. The summed E-state index contributed by atoms with van der Waals surface area (Å²) in [5, 5.41) is 2.83. The van der Waals surface area contributed by atoms with E-state index in [1.165, 1.54) is 30.4 Å². The first-order valence-corrected chi connectivity index (χ1v) is 5.58. The van der Waals surface area contributed by atoms with Gasteiger partial charge in [0.15, 0.2) is 0 Å². The van der Waals surface area contributed by atoms with Crippen molar-refractivity contribution in [3.63, 3.8) is 0 Å². The molecule has 1 aromatic rings. The molecule has 0 aromatic heterocycles. The van der Waals surface area contributed by atoms with Crippen LogP contribution in [0.1, 0.15) is 31.4 Å². The summed E-state index contributed by atoms with van der Waals surface area (Å²) in [4.78, 5) is 10.9. The number of anilines is 1. The zero-order valence-electron chi connectivity index (χ0n) is 9.34. The van der Waals surface area contributed by atoms with E-state index in [1.54, 1.807) is 6.92 Å². The normalized spacial score (nSPS) is 18.7. The second kappa shape index (κ2) is 4.05. The fourth-order valence-corrected chi connectivity index (χ4v) is 2.28. The van der Waals surface area contributed by atoms with Crippen LogP contribution in [0.4, 0.5) is 5.69 Å². The maximum atomic E-state index is 10.9. The summed E-state index contributed by atoms with van der Waals surface area (Å²) >= 11 is 0. The van der Waals surface area contributed by atoms with Crippen molar-refractivity contribution in [1.29, 1.82) is 0 Å². The third kappa shape index (κ3) is 2.20. The predicted molar refractivity (Wildman–Crippen MR) is 61.9 cm³/mol. The van der Waals surface area contributed by atoms with Crippen molar-refractivity contribution in [2.45, 2.75) is 33.1 Å². The first kappa shape index (κ1) is 10.2. The highest BCUT2D eigenvalue weighted by atomic mass is 16.1. The highest BCUT2D eigenvalue weighted by Crippen LogP contribution is 2.30. The highest BCUT2D eigenvalue weighted by Gasteiger charge is 2.19. The lowest BCUT2D eigenvalue weighted by Gasteiger charge is -2.04. The molecule has 0 heterocycles. The van der Waals surface area contributed by atoms with Gasteiger partial charge < -0.3 is 5.32 Å². The zero-order chi connectivity index (χ0) is 10.8. The molecule has 0 saturated heterocycles. The molecule has 15 heavy (non-hydrogen) atoms. The summed E-state index contributed by atoms with van der Waals surface area (Å²) in [5.41, 5.74) is 3.79. The van der Waals surface area contributed by atoms with E-state index in [2.05, 4.69) is 24.4 Å². The van der Waals surface area contributed by atoms with Gasteiger partial charge in [-0.15, -0.1) is 0 Å². The fourth-order valence-electron chi connectivity index (χ4n) is 2.28. The van der Waals surface area contributed by atoms with Crippen molar-refractivity contribution in [3.05, 3.63) is 29.3 Å². The molecule has 1 atom stereocenters. The molecule has 80 valence electrons. The molecule has 0 fully saturated rings. The second-order valence-electron chi connectivity index (χ2n) is 4.35. The third-order valence-corrected chi connectivity index (χ3v) is 3.12. The Balaban J connectivity index is 2.18. The molecule has 0 aliphatic heterocycles. The average Bonchev–Trinajstić information content (AvgIpc) is 2.58. The molecule has 1 aromatic carbocycles. The van der Waals surface area contributed by atoms with Gasteiger partial charge in [0.25, 0.3) is 0 Å². The molecule has 1 N–H and O–H groups in total. The lowest BCUT2D eigenvalue weighted by atomic mass is 10.0. The first-order valence-electron chi connectivity index (χ1n) is 5.58. The Morgan fingerprint density at radius 2 is 2.13 bits per heavy atom. The van der Waals surface area contributed by atoms with E-state index in [9.17, 15) is 4.79 Å². The quantitative estimate of drug-likeness (QED) is 0.786. The first-order chi connectivity index (χ1) is 7.19. The summed E-state index contributed by atoms with van der Waals surface area (Å²) in [6, 6.07) is 6.26. The Morgan fingerprint density at radius 3 is 2.80 bits per heavy atom. The van der Waals surface area contributed by atoms with Crippen molar-refractivity contribution in [1.82, 2.24) is 0 Å². The minimum absolute atomic E-state index is 0.0000107. The molecule has 0 radical (unpaired) electrons. The molecule has 0 spiro atoms. The number of nitrogens with one attached hydrogen (secondary N) is 1. The molecule has 2 heteroatoms. The molecule has 1 aliphatic carbocycles. The fraction of sp³-hybridized carbons (Fsp3) is 0.462. The molecular formula is C13H17NO. The van der Waals surface area contributed by atoms with E-state index in [4.69, 9.17) is 0 Å². The summed E-state index contributed by atoms with van der Waals surface area (Å²) in [6.45, 7) is 3.79. The van der Waals surface area contributed by atoms with Gasteiger partial charge in [-0.3, -0.25) is 4.79 Å². The van der Waals surface area contributed by atoms with Gasteiger partial charge >= 0.3 is 0 Å². The Hall–Kier alpha value is -1.31.